The maximum atomic E-state index is 13.8. The summed E-state index contributed by atoms with van der Waals surface area (Å²) in [4.78, 5) is 36.8. The zero-order valence-corrected chi connectivity index (χ0v) is 20.1. The quantitative estimate of drug-likeness (QED) is 0.690. The second-order valence-corrected chi connectivity index (χ2v) is 9.23. The molecule has 0 aliphatic carbocycles. The third-order valence-corrected chi connectivity index (χ3v) is 6.80. The molecule has 2 atom stereocenters. The van der Waals surface area contributed by atoms with Gasteiger partial charge in [0.2, 0.25) is 0 Å². The van der Waals surface area contributed by atoms with Crippen molar-refractivity contribution < 1.29 is 14.0 Å². The van der Waals surface area contributed by atoms with Crippen molar-refractivity contribution in [1.82, 2.24) is 20.2 Å². The minimum Gasteiger partial charge on any atom is -0.341 e. The largest absolute Gasteiger partial charge is 0.341 e. The molecule has 0 saturated carbocycles. The Labute approximate surface area is 207 Å². The molecule has 2 unspecified atom stereocenters. The lowest BCUT2D eigenvalue weighted by Crippen LogP contribution is -2.46. The van der Waals surface area contributed by atoms with Crippen LogP contribution < -0.4 is 5.32 Å². The number of carbonyl (C=O) groups is 2. The van der Waals surface area contributed by atoms with Crippen LogP contribution in [0.1, 0.15) is 30.6 Å². The van der Waals surface area contributed by atoms with Crippen LogP contribution in [0.3, 0.4) is 0 Å². The third kappa shape index (κ3) is 4.49. The van der Waals surface area contributed by atoms with E-state index >= 15 is 0 Å². The fourth-order valence-corrected chi connectivity index (χ4v) is 5.06. The van der Waals surface area contributed by atoms with Gasteiger partial charge in [0, 0.05) is 61.2 Å². The van der Waals surface area contributed by atoms with Gasteiger partial charge in [0.1, 0.15) is 17.6 Å². The highest BCUT2D eigenvalue weighted by atomic mass is 35.5. The Morgan fingerprint density at radius 1 is 1.29 bits per heavy atom. The van der Waals surface area contributed by atoms with Crippen LogP contribution in [0.2, 0.25) is 5.02 Å². The summed E-state index contributed by atoms with van der Waals surface area (Å²) in [5, 5.41) is 9.27. The Morgan fingerprint density at radius 2 is 2.11 bits per heavy atom. The Morgan fingerprint density at radius 3 is 2.83 bits per heavy atom. The molecule has 10 heteroatoms. The standard InChI is InChI=1S/C25H24ClFN6O2/c1-14(34)22-21(13-33-10-8-19-17(12-33)25(35)32(2)31-19)29-24(20-5-3-4-9-28-20)30-23(22)16-7-6-15(27)11-18(16)26/h3-7,9,11,17,23H,8,10,12-13H2,1-2H3,(H,29,30). The lowest BCUT2D eigenvalue weighted by molar-refractivity contribution is -0.131. The third-order valence-electron chi connectivity index (χ3n) is 6.47. The predicted molar refractivity (Wildman–Crippen MR) is 131 cm³/mol. The van der Waals surface area contributed by atoms with E-state index < -0.39 is 11.9 Å². The summed E-state index contributed by atoms with van der Waals surface area (Å²) in [6.07, 6.45) is 2.34. The zero-order valence-electron chi connectivity index (χ0n) is 19.3. The summed E-state index contributed by atoms with van der Waals surface area (Å²) >= 11 is 6.41. The van der Waals surface area contributed by atoms with Crippen LogP contribution in [0, 0.1) is 11.7 Å². The number of aliphatic imine (C=N–C) groups is 1. The number of likely N-dealkylation sites (tertiary alicyclic amines) is 1. The number of pyridine rings is 1. The van der Waals surface area contributed by atoms with Gasteiger partial charge in [-0.2, -0.15) is 5.10 Å². The Hall–Kier alpha value is -3.43. The van der Waals surface area contributed by atoms with Crippen molar-refractivity contribution in [2.24, 2.45) is 16.0 Å². The number of halogens is 2. The lowest BCUT2D eigenvalue weighted by Gasteiger charge is -2.34. The van der Waals surface area contributed by atoms with E-state index in [9.17, 15) is 14.0 Å². The smallest absolute Gasteiger partial charge is 0.252 e. The molecule has 1 saturated heterocycles. The van der Waals surface area contributed by atoms with Crippen LogP contribution in [0.4, 0.5) is 4.39 Å². The first-order valence-electron chi connectivity index (χ1n) is 11.3. The Bertz CT molecular complexity index is 1290. The SMILES string of the molecule is CC(=O)C1=C(CN2CCC3=NN(C)C(=O)C3C2)NC(c2ccccn2)=NC1c1ccc(F)cc1Cl. The number of Topliss-reactive ketones (excluding diaryl/α,β-unsaturated/α-hetero) is 1. The van der Waals surface area contributed by atoms with Crippen LogP contribution in [-0.4, -0.2) is 64.8 Å². The number of aromatic nitrogens is 1. The van der Waals surface area contributed by atoms with Crippen LogP contribution in [0.15, 0.2) is 64.0 Å². The molecule has 2 aromatic rings. The van der Waals surface area contributed by atoms with Gasteiger partial charge in [-0.3, -0.25) is 24.5 Å². The number of fused-ring (bicyclic) bond motifs is 1. The van der Waals surface area contributed by atoms with E-state index in [0.29, 0.717) is 54.4 Å². The maximum absolute atomic E-state index is 13.8. The molecule has 3 aliphatic rings. The number of carbonyl (C=O) groups excluding carboxylic acids is 2. The molecule has 1 N–H and O–H groups in total. The summed E-state index contributed by atoms with van der Waals surface area (Å²) in [7, 11) is 1.67. The molecule has 0 radical (unpaired) electrons. The molecule has 180 valence electrons. The van der Waals surface area contributed by atoms with Gasteiger partial charge < -0.3 is 5.32 Å². The van der Waals surface area contributed by atoms with E-state index in [2.05, 4.69) is 20.3 Å². The number of ketones is 1. The lowest BCUT2D eigenvalue weighted by atomic mass is 9.91. The predicted octanol–water partition coefficient (Wildman–Crippen LogP) is 2.96. The van der Waals surface area contributed by atoms with Crippen molar-refractivity contribution in [3.8, 4) is 0 Å². The molecule has 1 fully saturated rings. The van der Waals surface area contributed by atoms with Gasteiger partial charge >= 0.3 is 0 Å². The monoisotopic (exact) mass is 494 g/mol. The van der Waals surface area contributed by atoms with Gasteiger partial charge in [0.05, 0.1) is 11.6 Å². The first-order chi connectivity index (χ1) is 16.8. The summed E-state index contributed by atoms with van der Waals surface area (Å²) in [5.74, 6) is -0.435. The van der Waals surface area contributed by atoms with Crippen molar-refractivity contribution in [3.05, 3.63) is 76.0 Å². The summed E-state index contributed by atoms with van der Waals surface area (Å²) in [6, 6.07) is 8.85. The van der Waals surface area contributed by atoms with Crippen LogP contribution in [0.5, 0.6) is 0 Å². The maximum Gasteiger partial charge on any atom is 0.252 e. The van der Waals surface area contributed by atoms with Gasteiger partial charge in [-0.05, 0) is 31.2 Å². The molecular weight excluding hydrogens is 471 g/mol. The van der Waals surface area contributed by atoms with E-state index in [1.165, 1.54) is 24.1 Å². The van der Waals surface area contributed by atoms with Crippen molar-refractivity contribution in [2.75, 3.05) is 26.7 Å². The molecule has 8 nitrogen and oxygen atoms in total. The molecule has 4 heterocycles. The van der Waals surface area contributed by atoms with E-state index in [0.717, 1.165) is 5.71 Å². The van der Waals surface area contributed by atoms with Crippen LogP contribution >= 0.6 is 11.6 Å². The topological polar surface area (TPSA) is 90.3 Å². The average Bonchev–Trinajstić information content (AvgIpc) is 3.12. The fraction of sp³-hybridized carbons (Fsp3) is 0.320. The van der Waals surface area contributed by atoms with Gasteiger partial charge in [-0.1, -0.05) is 23.7 Å². The Balaban J connectivity index is 1.53. The minimum atomic E-state index is -0.727. The number of benzene rings is 1. The highest BCUT2D eigenvalue weighted by Gasteiger charge is 2.39. The normalized spacial score (nSPS) is 22.5. The first kappa shape index (κ1) is 23.3. The molecule has 1 aromatic heterocycles. The number of hydrogen-bond donors (Lipinski definition) is 1. The van der Waals surface area contributed by atoms with E-state index in [1.54, 1.807) is 19.3 Å². The van der Waals surface area contributed by atoms with E-state index in [-0.39, 0.29) is 22.6 Å². The summed E-state index contributed by atoms with van der Waals surface area (Å²) in [6.45, 7) is 3.09. The molecule has 0 bridgehead atoms. The zero-order chi connectivity index (χ0) is 24.7. The number of amides is 1. The van der Waals surface area contributed by atoms with Gasteiger partial charge in [0.15, 0.2) is 11.6 Å². The fourth-order valence-electron chi connectivity index (χ4n) is 4.79. The minimum absolute atomic E-state index is 0.0196. The number of hydrogen-bond acceptors (Lipinski definition) is 7. The number of amidine groups is 1. The van der Waals surface area contributed by atoms with Crippen molar-refractivity contribution in [2.45, 2.75) is 19.4 Å². The number of hydrazone groups is 1. The molecule has 1 amide bonds. The number of piperidine rings is 1. The summed E-state index contributed by atoms with van der Waals surface area (Å²) < 4.78 is 13.8. The van der Waals surface area contributed by atoms with Gasteiger partial charge in [-0.15, -0.1) is 0 Å². The number of nitrogens with one attached hydrogen (secondary N) is 1. The second kappa shape index (κ2) is 9.31. The van der Waals surface area contributed by atoms with Crippen molar-refractivity contribution in [3.63, 3.8) is 0 Å². The number of nitrogens with zero attached hydrogens (tertiary/aromatic N) is 5. The molecular formula is C25H24ClFN6O2. The van der Waals surface area contributed by atoms with Crippen molar-refractivity contribution in [1.29, 1.82) is 0 Å². The molecule has 3 aliphatic heterocycles. The Kier molecular flexibility index (Phi) is 6.21. The molecule has 5 rings (SSSR count). The van der Waals surface area contributed by atoms with Crippen LogP contribution in [0.25, 0.3) is 0 Å². The summed E-state index contributed by atoms with van der Waals surface area (Å²) in [5.41, 5.74) is 3.16. The van der Waals surface area contributed by atoms with Gasteiger partial charge in [-0.25, -0.2) is 9.40 Å². The van der Waals surface area contributed by atoms with Gasteiger partial charge in [0.25, 0.3) is 5.91 Å². The molecule has 0 spiro atoms. The highest BCUT2D eigenvalue weighted by Crippen LogP contribution is 2.36. The highest BCUT2D eigenvalue weighted by molar-refractivity contribution is 6.31. The van der Waals surface area contributed by atoms with E-state index in [4.69, 9.17) is 16.6 Å². The van der Waals surface area contributed by atoms with Crippen LogP contribution in [-0.2, 0) is 9.59 Å². The average molecular weight is 495 g/mol. The second-order valence-electron chi connectivity index (χ2n) is 8.83. The van der Waals surface area contributed by atoms with Crippen molar-refractivity contribution >= 4 is 34.8 Å². The molecule has 35 heavy (non-hydrogen) atoms. The number of rotatable bonds is 5. The first-order valence-corrected chi connectivity index (χ1v) is 11.7. The van der Waals surface area contributed by atoms with E-state index in [1.807, 2.05) is 18.2 Å². The molecule has 1 aromatic carbocycles.